The molecule has 0 aliphatic heterocycles. The van der Waals surface area contributed by atoms with Crippen LogP contribution >= 0.6 is 0 Å². The molecule has 0 unspecified atom stereocenters. The summed E-state index contributed by atoms with van der Waals surface area (Å²) >= 11 is 0. The smallest absolute Gasteiger partial charge is 0.254 e. The molecule has 2 aromatic heterocycles. The standard InChI is InChI=1S/C23H23N5O/c1-16-6-8-17(9-7-16)12-26-22(29)19-14-27-23(28-15-19)24-11-10-18-13-25-21-5-3-2-4-20(18)21/h2-9,13-15,25H,10-12H2,1H3,(H,26,29)(H,24,27,28). The Morgan fingerprint density at radius 2 is 1.79 bits per heavy atom. The molecule has 4 rings (SSSR count). The normalized spacial score (nSPS) is 10.8. The molecule has 0 aliphatic carbocycles. The molecule has 6 heteroatoms. The van der Waals surface area contributed by atoms with Gasteiger partial charge in [0.25, 0.3) is 5.91 Å². The number of rotatable bonds is 7. The Kier molecular flexibility index (Phi) is 5.52. The first kappa shape index (κ1) is 18.7. The van der Waals surface area contributed by atoms with Crippen LogP contribution in [0, 0.1) is 6.92 Å². The highest BCUT2D eigenvalue weighted by Crippen LogP contribution is 2.18. The molecule has 29 heavy (non-hydrogen) atoms. The number of hydrogen-bond acceptors (Lipinski definition) is 4. The summed E-state index contributed by atoms with van der Waals surface area (Å²) in [6.07, 6.45) is 5.98. The average Bonchev–Trinajstić information content (AvgIpc) is 3.17. The second-order valence-electron chi connectivity index (χ2n) is 7.00. The van der Waals surface area contributed by atoms with Crippen LogP contribution in [0.4, 0.5) is 5.95 Å². The maximum absolute atomic E-state index is 12.3. The van der Waals surface area contributed by atoms with Gasteiger partial charge in [-0.05, 0) is 30.5 Å². The summed E-state index contributed by atoms with van der Waals surface area (Å²) in [5.41, 5.74) is 5.08. The zero-order valence-electron chi connectivity index (χ0n) is 16.3. The van der Waals surface area contributed by atoms with Crippen molar-refractivity contribution in [2.75, 3.05) is 11.9 Å². The largest absolute Gasteiger partial charge is 0.361 e. The van der Waals surface area contributed by atoms with Gasteiger partial charge in [-0.15, -0.1) is 0 Å². The topological polar surface area (TPSA) is 82.7 Å². The Hall–Kier alpha value is -3.67. The van der Waals surface area contributed by atoms with Crippen molar-refractivity contribution in [2.24, 2.45) is 0 Å². The van der Waals surface area contributed by atoms with Gasteiger partial charge < -0.3 is 15.6 Å². The molecular formula is C23H23N5O. The number of aryl methyl sites for hydroxylation is 1. The highest BCUT2D eigenvalue weighted by molar-refractivity contribution is 5.93. The molecule has 0 aliphatic rings. The second kappa shape index (κ2) is 8.56. The number of amides is 1. The minimum absolute atomic E-state index is 0.184. The molecule has 2 aromatic carbocycles. The number of nitrogens with zero attached hydrogens (tertiary/aromatic N) is 2. The summed E-state index contributed by atoms with van der Waals surface area (Å²) < 4.78 is 0. The van der Waals surface area contributed by atoms with Crippen LogP contribution in [0.2, 0.25) is 0 Å². The fraction of sp³-hybridized carbons (Fsp3) is 0.174. The van der Waals surface area contributed by atoms with E-state index in [1.807, 2.05) is 49.5 Å². The van der Waals surface area contributed by atoms with Crippen LogP contribution < -0.4 is 10.6 Å². The zero-order chi connectivity index (χ0) is 20.1. The van der Waals surface area contributed by atoms with Gasteiger partial charge in [0.1, 0.15) is 0 Å². The molecule has 2 heterocycles. The van der Waals surface area contributed by atoms with E-state index >= 15 is 0 Å². The molecule has 0 saturated heterocycles. The van der Waals surface area contributed by atoms with Gasteiger partial charge in [0.05, 0.1) is 5.56 Å². The van der Waals surface area contributed by atoms with Gasteiger partial charge in [0.2, 0.25) is 5.95 Å². The molecular weight excluding hydrogens is 362 g/mol. The van der Waals surface area contributed by atoms with Gasteiger partial charge in [-0.2, -0.15) is 0 Å². The number of para-hydroxylation sites is 1. The summed E-state index contributed by atoms with van der Waals surface area (Å²) in [7, 11) is 0. The van der Waals surface area contributed by atoms with Crippen LogP contribution in [-0.4, -0.2) is 27.4 Å². The van der Waals surface area contributed by atoms with Gasteiger partial charge in [-0.3, -0.25) is 4.79 Å². The summed E-state index contributed by atoms with van der Waals surface area (Å²) in [5.74, 6) is 0.329. The summed E-state index contributed by atoms with van der Waals surface area (Å²) in [4.78, 5) is 24.1. The number of carbonyl (C=O) groups is 1. The lowest BCUT2D eigenvalue weighted by Crippen LogP contribution is -2.23. The van der Waals surface area contributed by atoms with E-state index in [4.69, 9.17) is 0 Å². The lowest BCUT2D eigenvalue weighted by atomic mass is 10.1. The van der Waals surface area contributed by atoms with Crippen molar-refractivity contribution >= 4 is 22.8 Å². The number of hydrogen-bond donors (Lipinski definition) is 3. The van der Waals surface area contributed by atoms with Gasteiger partial charge in [0, 0.05) is 42.6 Å². The molecule has 0 bridgehead atoms. The molecule has 3 N–H and O–H groups in total. The monoisotopic (exact) mass is 385 g/mol. The minimum Gasteiger partial charge on any atom is -0.361 e. The quantitative estimate of drug-likeness (QED) is 0.451. The zero-order valence-corrected chi connectivity index (χ0v) is 16.3. The number of nitrogens with one attached hydrogen (secondary N) is 3. The number of carbonyl (C=O) groups excluding carboxylic acids is 1. The van der Waals surface area contributed by atoms with Crippen LogP contribution in [0.25, 0.3) is 10.9 Å². The Morgan fingerprint density at radius 3 is 2.59 bits per heavy atom. The van der Waals surface area contributed by atoms with Gasteiger partial charge in [-0.25, -0.2) is 9.97 Å². The van der Waals surface area contributed by atoms with Crippen molar-refractivity contribution in [1.82, 2.24) is 20.3 Å². The Labute approximate surface area is 169 Å². The van der Waals surface area contributed by atoms with E-state index < -0.39 is 0 Å². The van der Waals surface area contributed by atoms with Crippen LogP contribution in [0.5, 0.6) is 0 Å². The van der Waals surface area contributed by atoms with Crippen molar-refractivity contribution in [3.63, 3.8) is 0 Å². The van der Waals surface area contributed by atoms with Crippen molar-refractivity contribution < 1.29 is 4.79 Å². The molecule has 0 spiro atoms. The van der Waals surface area contributed by atoms with Gasteiger partial charge in [0.15, 0.2) is 0 Å². The predicted octanol–water partition coefficient (Wildman–Crippen LogP) is 3.85. The second-order valence-corrected chi connectivity index (χ2v) is 7.00. The van der Waals surface area contributed by atoms with Gasteiger partial charge in [-0.1, -0.05) is 48.0 Å². The maximum Gasteiger partial charge on any atom is 0.254 e. The molecule has 0 atom stereocenters. The van der Waals surface area contributed by atoms with Crippen molar-refractivity contribution in [3.8, 4) is 0 Å². The number of fused-ring (bicyclic) bond motifs is 1. The van der Waals surface area contributed by atoms with Crippen LogP contribution in [0.1, 0.15) is 27.0 Å². The van der Waals surface area contributed by atoms with E-state index in [1.54, 1.807) is 12.4 Å². The van der Waals surface area contributed by atoms with Crippen LogP contribution in [0.3, 0.4) is 0 Å². The minimum atomic E-state index is -0.184. The van der Waals surface area contributed by atoms with Crippen LogP contribution in [0.15, 0.2) is 67.1 Å². The summed E-state index contributed by atoms with van der Waals surface area (Å²) in [6.45, 7) is 3.22. The first-order valence-electron chi connectivity index (χ1n) is 9.64. The van der Waals surface area contributed by atoms with Crippen molar-refractivity contribution in [3.05, 3.63) is 89.4 Å². The number of anilines is 1. The van der Waals surface area contributed by atoms with E-state index in [0.717, 1.165) is 17.5 Å². The first-order valence-corrected chi connectivity index (χ1v) is 9.64. The van der Waals surface area contributed by atoms with Crippen LogP contribution in [-0.2, 0) is 13.0 Å². The molecule has 146 valence electrons. The Morgan fingerprint density at radius 1 is 1.03 bits per heavy atom. The Balaban J connectivity index is 1.28. The highest BCUT2D eigenvalue weighted by Gasteiger charge is 2.08. The highest BCUT2D eigenvalue weighted by atomic mass is 16.1. The molecule has 0 fully saturated rings. The maximum atomic E-state index is 12.3. The molecule has 4 aromatic rings. The molecule has 0 radical (unpaired) electrons. The summed E-state index contributed by atoms with van der Waals surface area (Å²) in [5, 5.41) is 7.33. The lowest BCUT2D eigenvalue weighted by Gasteiger charge is -2.07. The fourth-order valence-electron chi connectivity index (χ4n) is 3.17. The van der Waals surface area contributed by atoms with E-state index in [1.165, 1.54) is 16.5 Å². The van der Waals surface area contributed by atoms with E-state index in [2.05, 4.69) is 37.7 Å². The van der Waals surface area contributed by atoms with E-state index in [9.17, 15) is 4.79 Å². The predicted molar refractivity (Wildman–Crippen MR) is 115 cm³/mol. The number of H-pyrrole nitrogens is 1. The number of aromatic amines is 1. The Bertz CT molecular complexity index is 1100. The third-order valence-electron chi connectivity index (χ3n) is 4.84. The number of benzene rings is 2. The first-order chi connectivity index (χ1) is 14.2. The lowest BCUT2D eigenvalue weighted by molar-refractivity contribution is 0.0950. The molecule has 6 nitrogen and oxygen atoms in total. The van der Waals surface area contributed by atoms with E-state index in [0.29, 0.717) is 24.6 Å². The SMILES string of the molecule is Cc1ccc(CNC(=O)c2cnc(NCCc3c[nH]c4ccccc34)nc2)cc1. The third kappa shape index (κ3) is 4.60. The average molecular weight is 385 g/mol. The van der Waals surface area contributed by atoms with E-state index in [-0.39, 0.29) is 5.91 Å². The van der Waals surface area contributed by atoms with Crippen molar-refractivity contribution in [2.45, 2.75) is 19.9 Å². The molecule has 1 amide bonds. The summed E-state index contributed by atoms with van der Waals surface area (Å²) in [6, 6.07) is 16.3. The fourth-order valence-corrected chi connectivity index (χ4v) is 3.17. The van der Waals surface area contributed by atoms with Crippen molar-refractivity contribution in [1.29, 1.82) is 0 Å². The van der Waals surface area contributed by atoms with Gasteiger partial charge >= 0.3 is 0 Å². The molecule has 0 saturated carbocycles. The number of aromatic nitrogens is 3. The third-order valence-corrected chi connectivity index (χ3v) is 4.84.